The summed E-state index contributed by atoms with van der Waals surface area (Å²) in [6, 6.07) is 16.9. The molecule has 176 valence electrons. The van der Waals surface area contributed by atoms with Gasteiger partial charge >= 0.3 is 10.1 Å². The van der Waals surface area contributed by atoms with Gasteiger partial charge in [0.15, 0.2) is 0 Å². The second kappa shape index (κ2) is 10.4. The number of nitrogens with zero attached hydrogens (tertiary/aromatic N) is 1. The van der Waals surface area contributed by atoms with Gasteiger partial charge in [0.25, 0.3) is 0 Å². The van der Waals surface area contributed by atoms with Gasteiger partial charge in [-0.25, -0.2) is 12.8 Å². The molecule has 3 rings (SSSR count). The van der Waals surface area contributed by atoms with Crippen molar-refractivity contribution in [2.45, 2.75) is 23.3 Å². The molecule has 7 nitrogen and oxygen atoms in total. The summed E-state index contributed by atoms with van der Waals surface area (Å²) in [6.45, 7) is 2.13. The minimum absolute atomic E-state index is 0.0104. The molecule has 10 heteroatoms. The number of hydrogen-bond acceptors (Lipinski definition) is 6. The zero-order valence-electron chi connectivity index (χ0n) is 18.1. The molecule has 0 aliphatic rings. The molecule has 0 atom stereocenters. The molecule has 0 spiro atoms. The first-order valence-electron chi connectivity index (χ1n) is 9.96. The lowest BCUT2D eigenvalue weighted by Gasteiger charge is -2.22. The second-order valence-corrected chi connectivity index (χ2v) is 10.8. The van der Waals surface area contributed by atoms with E-state index < -0.39 is 26.0 Å². The standard InChI is InChI=1S/C23H24FNO6S2/c1-18-6-10-22(11-7-18)32(26,27)25(14-15-30-2)17-19-4-3-5-21(16-19)31-33(28,29)23-12-8-20(24)9-13-23/h3-13,16H,14-15,17H2,1-2H3. The summed E-state index contributed by atoms with van der Waals surface area (Å²) in [7, 11) is -6.53. The van der Waals surface area contributed by atoms with E-state index in [1.807, 2.05) is 6.92 Å². The van der Waals surface area contributed by atoms with Crippen molar-refractivity contribution in [1.29, 1.82) is 0 Å². The van der Waals surface area contributed by atoms with Gasteiger partial charge in [0.1, 0.15) is 16.5 Å². The molecule has 0 amide bonds. The molecular weight excluding hydrogens is 469 g/mol. The topological polar surface area (TPSA) is 90.0 Å². The molecule has 3 aromatic carbocycles. The van der Waals surface area contributed by atoms with Gasteiger partial charge in [-0.3, -0.25) is 0 Å². The zero-order valence-corrected chi connectivity index (χ0v) is 19.8. The molecule has 33 heavy (non-hydrogen) atoms. The van der Waals surface area contributed by atoms with Crippen LogP contribution < -0.4 is 4.18 Å². The fourth-order valence-corrected chi connectivity index (χ4v) is 5.35. The summed E-state index contributed by atoms with van der Waals surface area (Å²) in [4.78, 5) is -0.0477. The van der Waals surface area contributed by atoms with Crippen molar-refractivity contribution in [1.82, 2.24) is 4.31 Å². The fourth-order valence-electron chi connectivity index (χ4n) is 3.01. The lowest BCUT2D eigenvalue weighted by molar-refractivity contribution is 0.177. The average molecular weight is 494 g/mol. The Morgan fingerprint density at radius 3 is 2.15 bits per heavy atom. The minimum atomic E-state index is -4.18. The normalized spacial score (nSPS) is 12.1. The van der Waals surface area contributed by atoms with Crippen LogP contribution in [0.1, 0.15) is 11.1 Å². The maximum atomic E-state index is 13.2. The summed E-state index contributed by atoms with van der Waals surface area (Å²) < 4.78 is 76.0. The largest absolute Gasteiger partial charge is 0.383 e. The van der Waals surface area contributed by atoms with Crippen LogP contribution in [0.2, 0.25) is 0 Å². The van der Waals surface area contributed by atoms with Crippen LogP contribution >= 0.6 is 0 Å². The third-order valence-electron chi connectivity index (χ3n) is 4.77. The van der Waals surface area contributed by atoms with Crippen LogP contribution in [0.4, 0.5) is 4.39 Å². The summed E-state index contributed by atoms with van der Waals surface area (Å²) in [5.41, 5.74) is 1.46. The lowest BCUT2D eigenvalue weighted by Crippen LogP contribution is -2.33. The zero-order chi connectivity index (χ0) is 24.1. The average Bonchev–Trinajstić information content (AvgIpc) is 2.77. The summed E-state index contributed by atoms with van der Waals surface area (Å²) >= 11 is 0. The Bertz CT molecular complexity index is 1290. The Morgan fingerprint density at radius 1 is 0.879 bits per heavy atom. The molecule has 0 aromatic heterocycles. The molecule has 0 saturated heterocycles. The highest BCUT2D eigenvalue weighted by molar-refractivity contribution is 7.89. The van der Waals surface area contributed by atoms with Crippen molar-refractivity contribution in [3.63, 3.8) is 0 Å². The van der Waals surface area contributed by atoms with Crippen molar-refractivity contribution in [3.8, 4) is 5.75 Å². The Hall–Kier alpha value is -2.79. The third kappa shape index (κ3) is 6.38. The van der Waals surface area contributed by atoms with Crippen molar-refractivity contribution in [2.24, 2.45) is 0 Å². The molecule has 0 N–H and O–H groups in total. The first-order valence-corrected chi connectivity index (χ1v) is 12.8. The molecule has 0 bridgehead atoms. The highest BCUT2D eigenvalue weighted by Gasteiger charge is 2.25. The van der Waals surface area contributed by atoms with E-state index in [4.69, 9.17) is 8.92 Å². The van der Waals surface area contributed by atoms with Crippen LogP contribution in [0.3, 0.4) is 0 Å². The summed E-state index contributed by atoms with van der Waals surface area (Å²) in [5, 5.41) is 0. The van der Waals surface area contributed by atoms with E-state index in [-0.39, 0.29) is 35.2 Å². The van der Waals surface area contributed by atoms with E-state index >= 15 is 0 Å². The van der Waals surface area contributed by atoms with Crippen molar-refractivity contribution in [2.75, 3.05) is 20.3 Å². The van der Waals surface area contributed by atoms with Gasteiger partial charge in [0, 0.05) is 20.2 Å². The predicted octanol–water partition coefficient (Wildman–Crippen LogP) is 3.74. The SMILES string of the molecule is COCCN(Cc1cccc(OS(=O)(=O)c2ccc(F)cc2)c1)S(=O)(=O)c1ccc(C)cc1. The van der Waals surface area contributed by atoms with Gasteiger partial charge in [-0.1, -0.05) is 29.8 Å². The molecule has 0 unspecified atom stereocenters. The van der Waals surface area contributed by atoms with Crippen LogP contribution in [-0.4, -0.2) is 41.4 Å². The van der Waals surface area contributed by atoms with E-state index in [2.05, 4.69) is 0 Å². The number of sulfonamides is 1. The monoisotopic (exact) mass is 493 g/mol. The Labute approximate surface area is 193 Å². The van der Waals surface area contributed by atoms with E-state index in [9.17, 15) is 21.2 Å². The van der Waals surface area contributed by atoms with E-state index in [0.29, 0.717) is 5.56 Å². The fraction of sp³-hybridized carbons (Fsp3) is 0.217. The van der Waals surface area contributed by atoms with Gasteiger partial charge in [-0.15, -0.1) is 0 Å². The van der Waals surface area contributed by atoms with Gasteiger partial charge in [-0.05, 0) is 61.0 Å². The van der Waals surface area contributed by atoms with Gasteiger partial charge in [0.05, 0.1) is 11.5 Å². The first kappa shape index (κ1) is 24.8. The Balaban J connectivity index is 1.85. The van der Waals surface area contributed by atoms with Crippen LogP contribution in [0.15, 0.2) is 82.6 Å². The minimum Gasteiger partial charge on any atom is -0.383 e. The number of methoxy groups -OCH3 is 1. The summed E-state index contributed by atoms with van der Waals surface area (Å²) in [5.74, 6) is -0.557. The smallest absolute Gasteiger partial charge is 0.339 e. The highest BCUT2D eigenvalue weighted by Crippen LogP contribution is 2.23. The highest BCUT2D eigenvalue weighted by atomic mass is 32.2. The number of aryl methyl sites for hydroxylation is 1. The van der Waals surface area contributed by atoms with E-state index in [1.54, 1.807) is 36.4 Å². The molecule has 0 fully saturated rings. The summed E-state index contributed by atoms with van der Waals surface area (Å²) in [6.07, 6.45) is 0. The molecule has 0 heterocycles. The van der Waals surface area contributed by atoms with E-state index in [0.717, 1.165) is 29.8 Å². The molecule has 3 aromatic rings. The molecule has 0 aliphatic carbocycles. The molecule has 0 radical (unpaired) electrons. The van der Waals surface area contributed by atoms with Gasteiger partial charge in [0.2, 0.25) is 10.0 Å². The third-order valence-corrected chi connectivity index (χ3v) is 7.89. The van der Waals surface area contributed by atoms with E-state index in [1.165, 1.54) is 23.5 Å². The molecule has 0 aliphatic heterocycles. The Kier molecular flexibility index (Phi) is 7.85. The predicted molar refractivity (Wildman–Crippen MR) is 121 cm³/mol. The van der Waals surface area contributed by atoms with Gasteiger partial charge in [-0.2, -0.15) is 12.7 Å². The number of benzene rings is 3. The maximum Gasteiger partial charge on any atom is 0.339 e. The second-order valence-electron chi connectivity index (χ2n) is 7.28. The van der Waals surface area contributed by atoms with Crippen molar-refractivity contribution in [3.05, 3.63) is 89.7 Å². The molecular formula is C23H24FNO6S2. The van der Waals surface area contributed by atoms with Crippen LogP contribution in [-0.2, 0) is 31.4 Å². The number of rotatable bonds is 10. The lowest BCUT2D eigenvalue weighted by atomic mass is 10.2. The number of halogens is 1. The van der Waals surface area contributed by atoms with Crippen LogP contribution in [0.5, 0.6) is 5.75 Å². The van der Waals surface area contributed by atoms with Crippen molar-refractivity contribution < 1.29 is 30.1 Å². The number of ether oxygens (including phenoxy) is 1. The van der Waals surface area contributed by atoms with Crippen LogP contribution in [0.25, 0.3) is 0 Å². The Morgan fingerprint density at radius 2 is 1.52 bits per heavy atom. The maximum absolute atomic E-state index is 13.2. The first-order chi connectivity index (χ1) is 15.6. The van der Waals surface area contributed by atoms with Crippen molar-refractivity contribution >= 4 is 20.1 Å². The van der Waals surface area contributed by atoms with Gasteiger partial charge < -0.3 is 8.92 Å². The quantitative estimate of drug-likeness (QED) is 0.400. The van der Waals surface area contributed by atoms with Crippen LogP contribution in [0, 0.1) is 12.7 Å². The molecule has 0 saturated carbocycles. The number of hydrogen-bond donors (Lipinski definition) is 0.